The Kier molecular flexibility index (Phi) is 4.75. The highest BCUT2D eigenvalue weighted by molar-refractivity contribution is 7.99. The number of hydrogen-bond donors (Lipinski definition) is 1. The van der Waals surface area contributed by atoms with E-state index >= 15 is 0 Å². The third-order valence-corrected chi connectivity index (χ3v) is 4.30. The van der Waals surface area contributed by atoms with Crippen LogP contribution in [0.5, 0.6) is 5.75 Å². The van der Waals surface area contributed by atoms with E-state index in [1.54, 1.807) is 0 Å². The topological polar surface area (TPSA) is 29.5 Å². The minimum absolute atomic E-state index is 0.295. The zero-order valence-corrected chi connectivity index (χ0v) is 11.1. The minimum Gasteiger partial charge on any atom is -0.493 e. The van der Waals surface area contributed by atoms with Crippen molar-refractivity contribution in [1.82, 2.24) is 0 Å². The normalized spacial score (nSPS) is 15.4. The van der Waals surface area contributed by atoms with Gasteiger partial charge in [-0.15, -0.1) is 0 Å². The molecule has 0 bridgehead atoms. The van der Waals surface area contributed by atoms with Crippen LogP contribution in [-0.2, 0) is 12.8 Å². The molecule has 0 amide bonds. The van der Waals surface area contributed by atoms with Crippen LogP contribution in [0.4, 0.5) is 0 Å². The Bertz CT molecular complexity index is 365. The molecular formula is C14H20O2S. The molecule has 0 spiro atoms. The molecule has 0 aromatic heterocycles. The van der Waals surface area contributed by atoms with Crippen LogP contribution in [0.15, 0.2) is 18.2 Å². The van der Waals surface area contributed by atoms with Gasteiger partial charge >= 0.3 is 0 Å². The predicted octanol–water partition coefficient (Wildman–Crippen LogP) is 2.53. The molecule has 94 valence electrons. The number of hydrogen-bond acceptors (Lipinski definition) is 3. The average Bonchev–Trinajstić information content (AvgIpc) is 2.81. The van der Waals surface area contributed by atoms with Gasteiger partial charge < -0.3 is 9.84 Å². The predicted molar refractivity (Wildman–Crippen MR) is 72.9 cm³/mol. The summed E-state index contributed by atoms with van der Waals surface area (Å²) in [6.07, 6.45) is 2.16. The van der Waals surface area contributed by atoms with Crippen LogP contribution in [-0.4, -0.2) is 29.8 Å². The van der Waals surface area contributed by atoms with E-state index in [0.29, 0.717) is 12.5 Å². The quantitative estimate of drug-likeness (QED) is 0.789. The second-order valence-corrected chi connectivity index (χ2v) is 5.80. The molecule has 1 atom stereocenters. The molecule has 1 aromatic rings. The first-order chi connectivity index (χ1) is 8.29. The third-order valence-electron chi connectivity index (χ3n) is 3.00. The first-order valence-corrected chi connectivity index (χ1v) is 7.38. The summed E-state index contributed by atoms with van der Waals surface area (Å²) in [6, 6.07) is 6.54. The molecule has 0 saturated carbocycles. The van der Waals surface area contributed by atoms with Crippen molar-refractivity contribution in [2.24, 2.45) is 5.92 Å². The molecule has 0 aliphatic carbocycles. The summed E-state index contributed by atoms with van der Waals surface area (Å²) in [6.45, 7) is 3.21. The van der Waals surface area contributed by atoms with Crippen molar-refractivity contribution in [2.45, 2.75) is 19.8 Å². The van der Waals surface area contributed by atoms with Gasteiger partial charge in [0.15, 0.2) is 0 Å². The Labute approximate surface area is 107 Å². The van der Waals surface area contributed by atoms with Crippen molar-refractivity contribution in [2.75, 3.05) is 24.7 Å². The average molecular weight is 252 g/mol. The maximum Gasteiger partial charge on any atom is 0.122 e. The Balaban J connectivity index is 1.76. The molecule has 0 radical (unpaired) electrons. The van der Waals surface area contributed by atoms with Gasteiger partial charge in [0.2, 0.25) is 0 Å². The van der Waals surface area contributed by atoms with Crippen LogP contribution in [0.25, 0.3) is 0 Å². The lowest BCUT2D eigenvalue weighted by atomic mass is 10.1. The first-order valence-electron chi connectivity index (χ1n) is 6.23. The van der Waals surface area contributed by atoms with E-state index in [2.05, 4.69) is 25.1 Å². The van der Waals surface area contributed by atoms with Gasteiger partial charge in [0.05, 0.1) is 6.61 Å². The summed E-state index contributed by atoms with van der Waals surface area (Å²) in [5.41, 5.74) is 2.76. The molecule has 1 aromatic carbocycles. The fraction of sp³-hybridized carbons (Fsp3) is 0.571. The number of thioether (sulfide) groups is 1. The molecule has 17 heavy (non-hydrogen) atoms. The smallest absolute Gasteiger partial charge is 0.122 e. The Hall–Kier alpha value is -0.670. The molecule has 0 saturated heterocycles. The van der Waals surface area contributed by atoms with Crippen LogP contribution in [0.1, 0.15) is 18.1 Å². The summed E-state index contributed by atoms with van der Waals surface area (Å²) in [5.74, 6) is 3.65. The lowest BCUT2D eigenvalue weighted by Crippen LogP contribution is -2.04. The van der Waals surface area contributed by atoms with Gasteiger partial charge in [0.25, 0.3) is 0 Å². The monoisotopic (exact) mass is 252 g/mol. The zero-order valence-electron chi connectivity index (χ0n) is 10.3. The van der Waals surface area contributed by atoms with Gasteiger partial charge in [0, 0.05) is 13.0 Å². The summed E-state index contributed by atoms with van der Waals surface area (Å²) in [4.78, 5) is 0. The van der Waals surface area contributed by atoms with Gasteiger partial charge in [-0.05, 0) is 41.0 Å². The standard InChI is InChI=1S/C14H20O2S/c1-11(9-15)10-17-7-5-12-2-3-14-13(8-12)4-6-16-14/h2-3,8,11,15H,4-7,9-10H2,1H3. The van der Waals surface area contributed by atoms with E-state index < -0.39 is 0 Å². The number of aliphatic hydroxyl groups excluding tert-OH is 1. The van der Waals surface area contributed by atoms with Crippen LogP contribution in [0.3, 0.4) is 0 Å². The number of benzene rings is 1. The van der Waals surface area contributed by atoms with Crippen LogP contribution < -0.4 is 4.74 Å². The van der Waals surface area contributed by atoms with Gasteiger partial charge in [-0.2, -0.15) is 11.8 Å². The van der Waals surface area contributed by atoms with Crippen LogP contribution in [0.2, 0.25) is 0 Å². The first kappa shape index (κ1) is 12.8. The lowest BCUT2D eigenvalue weighted by Gasteiger charge is -2.07. The molecule has 0 fully saturated rings. The maximum atomic E-state index is 8.93. The molecule has 2 nitrogen and oxygen atoms in total. The van der Waals surface area contributed by atoms with Crippen molar-refractivity contribution < 1.29 is 9.84 Å². The highest BCUT2D eigenvalue weighted by atomic mass is 32.2. The van der Waals surface area contributed by atoms with Crippen molar-refractivity contribution in [3.05, 3.63) is 29.3 Å². The number of aryl methyl sites for hydroxylation is 1. The Morgan fingerprint density at radius 2 is 2.35 bits per heavy atom. The second-order valence-electron chi connectivity index (χ2n) is 4.65. The van der Waals surface area contributed by atoms with Crippen molar-refractivity contribution >= 4 is 11.8 Å². The van der Waals surface area contributed by atoms with Crippen molar-refractivity contribution in [1.29, 1.82) is 0 Å². The Morgan fingerprint density at radius 3 is 3.18 bits per heavy atom. The van der Waals surface area contributed by atoms with Gasteiger partial charge in [-0.25, -0.2) is 0 Å². The van der Waals surface area contributed by atoms with E-state index in [4.69, 9.17) is 9.84 Å². The summed E-state index contributed by atoms with van der Waals surface area (Å²) in [7, 11) is 0. The second kappa shape index (κ2) is 6.31. The molecule has 1 aliphatic heterocycles. The fourth-order valence-electron chi connectivity index (χ4n) is 1.92. The van der Waals surface area contributed by atoms with Crippen LogP contribution >= 0.6 is 11.8 Å². The van der Waals surface area contributed by atoms with Gasteiger partial charge in [-0.1, -0.05) is 19.1 Å². The van der Waals surface area contributed by atoms with E-state index in [9.17, 15) is 0 Å². The number of aliphatic hydroxyl groups is 1. The summed E-state index contributed by atoms with van der Waals surface area (Å²) >= 11 is 1.92. The molecule has 1 heterocycles. The molecular weight excluding hydrogens is 232 g/mol. The maximum absolute atomic E-state index is 8.93. The third kappa shape index (κ3) is 3.65. The molecule has 1 N–H and O–H groups in total. The number of fused-ring (bicyclic) bond motifs is 1. The molecule has 1 unspecified atom stereocenters. The SMILES string of the molecule is CC(CO)CSCCc1ccc2c(c1)CCO2. The number of rotatable bonds is 6. The Morgan fingerprint density at radius 1 is 1.47 bits per heavy atom. The van der Waals surface area contributed by atoms with E-state index in [1.807, 2.05) is 11.8 Å². The fourth-order valence-corrected chi connectivity index (χ4v) is 2.98. The summed E-state index contributed by atoms with van der Waals surface area (Å²) in [5, 5.41) is 8.93. The highest BCUT2D eigenvalue weighted by Gasteiger charge is 2.11. The van der Waals surface area contributed by atoms with Crippen molar-refractivity contribution in [3.8, 4) is 5.75 Å². The van der Waals surface area contributed by atoms with Crippen LogP contribution in [0, 0.1) is 5.92 Å². The van der Waals surface area contributed by atoms with E-state index in [0.717, 1.165) is 36.7 Å². The van der Waals surface area contributed by atoms with E-state index in [-0.39, 0.29) is 0 Å². The minimum atomic E-state index is 0.295. The van der Waals surface area contributed by atoms with Gasteiger partial charge in [-0.3, -0.25) is 0 Å². The molecule has 2 rings (SSSR count). The highest BCUT2D eigenvalue weighted by Crippen LogP contribution is 2.26. The number of ether oxygens (including phenoxy) is 1. The van der Waals surface area contributed by atoms with Crippen molar-refractivity contribution in [3.63, 3.8) is 0 Å². The molecule has 1 aliphatic rings. The van der Waals surface area contributed by atoms with E-state index in [1.165, 1.54) is 11.1 Å². The molecule has 3 heteroatoms. The zero-order chi connectivity index (χ0) is 12.1. The van der Waals surface area contributed by atoms with Gasteiger partial charge in [0.1, 0.15) is 5.75 Å². The largest absolute Gasteiger partial charge is 0.493 e. The summed E-state index contributed by atoms with van der Waals surface area (Å²) < 4.78 is 5.49. The lowest BCUT2D eigenvalue weighted by molar-refractivity contribution is 0.250.